The molecule has 0 saturated carbocycles. The topological polar surface area (TPSA) is 56.7 Å². The first-order valence-corrected chi connectivity index (χ1v) is 50.7. The summed E-state index contributed by atoms with van der Waals surface area (Å²) in [6, 6.07) is 133. The fraction of sp³-hybridized carbons (Fsp3) is 0.282. The van der Waals surface area contributed by atoms with Crippen LogP contribution in [0, 0.1) is 0 Å². The predicted octanol–water partition coefficient (Wildman–Crippen LogP) is 41.2. The second kappa shape index (κ2) is 80.0. The highest BCUT2D eigenvalue weighted by molar-refractivity contribution is 7.25. The van der Waals surface area contributed by atoms with Gasteiger partial charge in [0.05, 0.1) is 11.0 Å². The second-order valence-electron chi connectivity index (χ2n) is 24.7. The van der Waals surface area contributed by atoms with Gasteiger partial charge in [-0.1, -0.05) is 537 Å². The van der Waals surface area contributed by atoms with Crippen LogP contribution in [0.4, 0.5) is 0 Å². The molecule has 7 heteroatoms. The molecule has 13 aromatic carbocycles. The average molecular weight is 1790 g/mol. The molecule has 5 heterocycles. The van der Waals surface area contributed by atoms with Crippen LogP contribution in [0.15, 0.2) is 411 Å². The first-order chi connectivity index (χ1) is 64.9. The van der Waals surface area contributed by atoms with Crippen LogP contribution >= 0.6 is 22.7 Å². The Labute approximate surface area is 806 Å². The van der Waals surface area contributed by atoms with Crippen molar-refractivity contribution in [3.63, 3.8) is 0 Å². The Morgan fingerprint density at radius 2 is 0.550 bits per heavy atom. The lowest BCUT2D eigenvalue weighted by Crippen LogP contribution is -2.22. The third-order valence-corrected chi connectivity index (χ3v) is 20.2. The van der Waals surface area contributed by atoms with Gasteiger partial charge in [0.15, 0.2) is 0 Å². The van der Waals surface area contributed by atoms with E-state index in [9.17, 15) is 0 Å². The van der Waals surface area contributed by atoms with Crippen molar-refractivity contribution in [2.75, 3.05) is 0 Å². The number of hydrogen-bond donors (Lipinski definition) is 0. The fourth-order valence-electron chi connectivity index (χ4n) is 13.3. The molecule has 2 aliphatic rings. The zero-order valence-electron chi connectivity index (χ0n) is 86.7. The minimum atomic E-state index is -0.0472. The number of rotatable bonds is 4. The van der Waals surface area contributed by atoms with E-state index in [1.165, 1.54) is 115 Å². The van der Waals surface area contributed by atoms with Gasteiger partial charge in [-0.25, -0.2) is 0 Å². The summed E-state index contributed by atoms with van der Waals surface area (Å²) in [5, 5.41) is 14.8. The molecule has 131 heavy (non-hydrogen) atoms. The van der Waals surface area contributed by atoms with E-state index in [1.54, 1.807) is 23.7 Å². The van der Waals surface area contributed by atoms with Crippen molar-refractivity contribution in [3.05, 3.63) is 434 Å². The summed E-state index contributed by atoms with van der Waals surface area (Å²) < 4.78 is 10.1. The van der Waals surface area contributed by atoms with Gasteiger partial charge in [-0.15, -0.1) is 32.9 Å². The summed E-state index contributed by atoms with van der Waals surface area (Å²) in [6.07, 6.45) is 4.82. The van der Waals surface area contributed by atoms with Gasteiger partial charge in [0.2, 0.25) is 12.3 Å². The number of benzene rings is 13. The lowest BCUT2D eigenvalue weighted by Gasteiger charge is -2.28. The van der Waals surface area contributed by atoms with Gasteiger partial charge in [-0.3, -0.25) is 4.98 Å². The lowest BCUT2D eigenvalue weighted by atomic mass is 9.74. The smallest absolute Gasteiger partial charge is 0.247 e. The molecule has 0 unspecified atom stereocenters. The highest BCUT2D eigenvalue weighted by atomic mass is 32.1. The Morgan fingerprint density at radius 1 is 0.260 bits per heavy atom. The molecule has 0 bridgehead atoms. The first-order valence-electron chi connectivity index (χ1n) is 49.0. The standard InChI is InChI=1S/C20H16.C18H13N.C15H14.C12H8S.C10H8S.C8H6N2O.C6H6.C5H5N.15C2H6/c1-20(15-9-3-2-4-10-15)18-13-7-5-11-16(18)17-12-6-8-14-19(17)20;1-2-8-14(9-3-1)19-17-12-6-4-10-15(17)16-11-5-7-13-18(16)19;1-15(2)13-9-5-3-7-11(13)12-8-4-6-10-14(12)15;1-3-7-11-9(5-1)10-6-2-4-8-12(10)13-11;1-2-5-9(6-3-1)10-7-4-8-11-10;1-2-4-7(5-3-1)8-10-9-6-11-8;2*1-2-4-6-5-3-1;15*1-2/h2-14H,1H3;1-13H;3-10H,1-2H3;1-8H;1-8H;1-6H;1-6H;1-5H;15*1-2H3. The van der Waals surface area contributed by atoms with Crippen LogP contribution in [0.2, 0.25) is 0 Å². The number of nitrogens with zero attached hydrogens (tertiary/aromatic N) is 4. The predicted molar refractivity (Wildman–Crippen MR) is 598 cm³/mol. The molecule has 5 aromatic heterocycles. The minimum absolute atomic E-state index is 0.0472. The summed E-state index contributed by atoms with van der Waals surface area (Å²) in [5.41, 5.74) is 18.7. The van der Waals surface area contributed by atoms with E-state index in [1.807, 2.05) is 310 Å². The zero-order valence-corrected chi connectivity index (χ0v) is 88.3. The largest absolute Gasteiger partial charge is 0.423 e. The van der Waals surface area contributed by atoms with E-state index in [2.05, 4.69) is 337 Å². The van der Waals surface area contributed by atoms with Gasteiger partial charge in [0.1, 0.15) is 0 Å². The van der Waals surface area contributed by atoms with Crippen molar-refractivity contribution in [1.82, 2.24) is 19.7 Å². The number of pyridine rings is 1. The molecule has 18 aromatic rings. The quantitative estimate of drug-likeness (QED) is 0.176. The first kappa shape index (κ1) is 123. The van der Waals surface area contributed by atoms with E-state index < -0.39 is 0 Å². The van der Waals surface area contributed by atoms with Gasteiger partial charge in [0.25, 0.3) is 0 Å². The molecule has 0 atom stereocenters. The molecule has 0 saturated heterocycles. The average Bonchev–Trinajstić information content (AvgIpc) is 1.55. The van der Waals surface area contributed by atoms with Crippen molar-refractivity contribution in [2.24, 2.45) is 0 Å². The van der Waals surface area contributed by atoms with Crippen molar-refractivity contribution in [3.8, 4) is 49.8 Å². The van der Waals surface area contributed by atoms with E-state index in [0.29, 0.717) is 5.89 Å². The maximum Gasteiger partial charge on any atom is 0.247 e. The number of fused-ring (bicyclic) bond motifs is 12. The molecule has 0 spiro atoms. The lowest BCUT2D eigenvalue weighted by molar-refractivity contribution is 0.568. The van der Waals surface area contributed by atoms with E-state index in [0.717, 1.165) is 5.56 Å². The number of para-hydroxylation sites is 3. The van der Waals surface area contributed by atoms with Crippen LogP contribution in [-0.2, 0) is 10.8 Å². The fourth-order valence-corrected chi connectivity index (χ4v) is 15.1. The SMILES string of the molecule is CC.CC.CC.CC.CC.CC.CC.CC.CC.CC.CC.CC.CC.CC.CC.CC1(C)c2ccccc2-c2ccccc21.CC1(c2ccccc2)c2ccccc2-c2ccccc21.c1ccc(-c2cccs2)cc1.c1ccc(-c2nnco2)cc1.c1ccc(-n2c3ccccc3c3ccccc32)cc1.c1ccc2c(c1)sc1ccccc12.c1ccccc1.c1ccncc1. The van der Waals surface area contributed by atoms with Crippen molar-refractivity contribution in [1.29, 1.82) is 0 Å². The molecule has 2 aliphatic carbocycles. The highest BCUT2D eigenvalue weighted by Gasteiger charge is 2.40. The maximum atomic E-state index is 5.00. The Bertz CT molecular complexity index is 5160. The summed E-state index contributed by atoms with van der Waals surface area (Å²) in [5.74, 6) is 0.561. The van der Waals surface area contributed by atoms with Crippen LogP contribution in [0.1, 0.15) is 256 Å². The maximum absolute atomic E-state index is 5.00. The van der Waals surface area contributed by atoms with Gasteiger partial charge in [0, 0.05) is 70.3 Å². The third kappa shape index (κ3) is 38.1. The van der Waals surface area contributed by atoms with Crippen molar-refractivity contribution in [2.45, 2.75) is 239 Å². The van der Waals surface area contributed by atoms with Gasteiger partial charge in [-0.2, -0.15) is 0 Å². The van der Waals surface area contributed by atoms with Crippen LogP contribution in [0.3, 0.4) is 0 Å². The van der Waals surface area contributed by atoms with Gasteiger partial charge in [-0.05, 0) is 135 Å². The van der Waals surface area contributed by atoms with Crippen LogP contribution in [0.25, 0.3) is 91.8 Å². The summed E-state index contributed by atoms with van der Waals surface area (Å²) in [6.45, 7) is 66.9. The van der Waals surface area contributed by atoms with Crippen LogP contribution < -0.4 is 0 Å². The normalized spacial score (nSPS) is 9.84. The van der Waals surface area contributed by atoms with Crippen molar-refractivity contribution >= 4 is 64.7 Å². The number of hydrogen-bond acceptors (Lipinski definition) is 6. The summed E-state index contributed by atoms with van der Waals surface area (Å²) in [4.78, 5) is 5.12. The molecular formula is C124H166N4OS2. The Balaban J connectivity index is -0.00000139. The second-order valence-corrected chi connectivity index (χ2v) is 26.8. The minimum Gasteiger partial charge on any atom is -0.423 e. The van der Waals surface area contributed by atoms with Gasteiger partial charge < -0.3 is 8.98 Å². The molecule has 0 fully saturated rings. The monoisotopic (exact) mass is 1790 g/mol. The summed E-state index contributed by atoms with van der Waals surface area (Å²) >= 11 is 3.64. The van der Waals surface area contributed by atoms with Crippen molar-refractivity contribution < 1.29 is 4.42 Å². The molecule has 0 aliphatic heterocycles. The molecule has 5 nitrogen and oxygen atoms in total. The third-order valence-electron chi connectivity index (χ3n) is 18.1. The molecular weight excluding hydrogens is 1630 g/mol. The van der Waals surface area contributed by atoms with E-state index >= 15 is 0 Å². The zero-order chi connectivity index (χ0) is 98.9. The van der Waals surface area contributed by atoms with E-state index in [-0.39, 0.29) is 10.8 Å². The van der Waals surface area contributed by atoms with E-state index in [4.69, 9.17) is 4.42 Å². The Kier molecular flexibility index (Phi) is 75.1. The number of thiophene rings is 2. The Morgan fingerprint density at radius 3 is 0.885 bits per heavy atom. The molecule has 0 radical (unpaired) electrons. The van der Waals surface area contributed by atoms with Gasteiger partial charge >= 0.3 is 0 Å². The molecule has 0 N–H and O–H groups in total. The van der Waals surface area contributed by atoms with Crippen LogP contribution in [-0.4, -0.2) is 19.7 Å². The molecule has 20 rings (SSSR count). The highest BCUT2D eigenvalue weighted by Crippen LogP contribution is 2.52. The Hall–Kier alpha value is -12.1. The molecule has 0 amide bonds. The van der Waals surface area contributed by atoms with Crippen LogP contribution in [0.5, 0.6) is 0 Å². The summed E-state index contributed by atoms with van der Waals surface area (Å²) in [7, 11) is 0. The number of aromatic nitrogens is 4. The molecule has 700 valence electrons.